The number of hydrogen-bond donors (Lipinski definition) is 1. The largest absolute Gasteiger partial charge is 0.497 e. The molecule has 3 aromatic carbocycles. The van der Waals surface area contributed by atoms with Gasteiger partial charge in [-0.2, -0.15) is 0 Å². The zero-order valence-electron chi connectivity index (χ0n) is 23.9. The van der Waals surface area contributed by atoms with Crippen LogP contribution in [0.3, 0.4) is 0 Å². The summed E-state index contributed by atoms with van der Waals surface area (Å²) in [5.41, 5.74) is 2.35. The smallest absolute Gasteiger partial charge is 0.341 e. The third kappa shape index (κ3) is 6.26. The third-order valence-electron chi connectivity index (χ3n) is 6.69. The number of ether oxygens (including phenoxy) is 4. The first-order valence-corrected chi connectivity index (χ1v) is 15.3. The molecular weight excluding hydrogens is 699 g/mol. The second-order valence-corrected chi connectivity index (χ2v) is 11.6. The van der Waals surface area contributed by atoms with E-state index >= 15 is 0 Å². The summed E-state index contributed by atoms with van der Waals surface area (Å²) in [4.78, 5) is 44.0. The molecule has 1 aliphatic heterocycles. The van der Waals surface area contributed by atoms with E-state index in [1.165, 1.54) is 23.0 Å². The van der Waals surface area contributed by atoms with Crippen LogP contribution in [0.2, 0.25) is 0 Å². The van der Waals surface area contributed by atoms with Crippen molar-refractivity contribution in [1.29, 1.82) is 0 Å². The zero-order valence-corrected chi connectivity index (χ0v) is 26.9. The van der Waals surface area contributed by atoms with Gasteiger partial charge in [0.2, 0.25) is 0 Å². The molecule has 0 spiro atoms. The van der Waals surface area contributed by atoms with Crippen molar-refractivity contribution in [3.8, 4) is 17.2 Å². The van der Waals surface area contributed by atoms with Crippen LogP contribution in [0.5, 0.6) is 17.2 Å². The molecule has 4 aromatic rings. The average Bonchev–Trinajstić information content (AvgIpc) is 3.33. The molecule has 0 radical (unpaired) electrons. The highest BCUT2D eigenvalue weighted by Crippen LogP contribution is 2.36. The summed E-state index contributed by atoms with van der Waals surface area (Å²) in [7, 11) is 3.02. The minimum Gasteiger partial charge on any atom is -0.497 e. The van der Waals surface area contributed by atoms with Crippen LogP contribution >= 0.6 is 33.9 Å². The summed E-state index contributed by atoms with van der Waals surface area (Å²) >= 11 is 3.22. The minimum absolute atomic E-state index is 0.150. The van der Waals surface area contributed by atoms with Gasteiger partial charge in [-0.3, -0.25) is 9.36 Å². The molecule has 1 aromatic heterocycles. The number of halogens is 1. The van der Waals surface area contributed by atoms with Crippen LogP contribution in [0.15, 0.2) is 82.1 Å². The predicted molar refractivity (Wildman–Crippen MR) is 173 cm³/mol. The molecule has 44 heavy (non-hydrogen) atoms. The standard InChI is InChI=1S/C32H27IN2O8S/c1-4-42-31(39)26-27(19-8-6-5-7-9-19)34-32-35(28(26)20-10-12-21(40-2)13-11-20)30(38)24(44-32)16-18-14-22(33)29(23(15-18)41-3)43-17-25(36)37/h5-16,28H,4,17H2,1-3H3,(H,36,37)/b24-16-/t28-/m0/s1. The SMILES string of the molecule is CCOC(=O)C1=C(c2ccccc2)N=c2s/c(=C\c3cc(I)c(OCC(=O)O)c(OC)c3)c(=O)n2[C@H]1c1ccc(OC)cc1. The minimum atomic E-state index is -1.11. The molecule has 0 fully saturated rings. The topological polar surface area (TPSA) is 126 Å². The highest BCUT2D eigenvalue weighted by atomic mass is 127. The molecule has 12 heteroatoms. The Morgan fingerprint density at radius 1 is 1.07 bits per heavy atom. The van der Waals surface area contributed by atoms with E-state index in [1.54, 1.807) is 44.4 Å². The molecule has 1 aliphatic rings. The molecule has 0 saturated carbocycles. The number of aliphatic carboxylic acids is 1. The van der Waals surface area contributed by atoms with Gasteiger partial charge < -0.3 is 24.1 Å². The van der Waals surface area contributed by atoms with E-state index in [-0.39, 0.29) is 17.7 Å². The lowest BCUT2D eigenvalue weighted by molar-refractivity contribution is -0.140. The van der Waals surface area contributed by atoms with Crippen LogP contribution in [0.1, 0.15) is 29.7 Å². The summed E-state index contributed by atoms with van der Waals surface area (Å²) in [5.74, 6) is -0.437. The van der Waals surface area contributed by atoms with E-state index in [0.717, 1.165) is 0 Å². The maximum atomic E-state index is 14.1. The number of thiazole rings is 1. The maximum Gasteiger partial charge on any atom is 0.341 e. The molecule has 226 valence electrons. The number of nitrogens with zero attached hydrogens (tertiary/aromatic N) is 2. The number of esters is 1. The van der Waals surface area contributed by atoms with E-state index in [2.05, 4.69) is 0 Å². The van der Waals surface area contributed by atoms with E-state index in [0.29, 0.717) is 52.5 Å². The molecule has 0 saturated heterocycles. The molecule has 1 N–H and O–H groups in total. The lowest BCUT2D eigenvalue weighted by Gasteiger charge is -2.26. The molecular formula is C32H27IN2O8S. The summed E-state index contributed by atoms with van der Waals surface area (Å²) in [6.45, 7) is 1.35. The van der Waals surface area contributed by atoms with Gasteiger partial charge in [0, 0.05) is 5.56 Å². The normalized spacial score (nSPS) is 14.5. The van der Waals surface area contributed by atoms with Crippen molar-refractivity contribution in [3.05, 3.63) is 112 Å². The fourth-order valence-corrected chi connectivity index (χ4v) is 6.57. The number of carboxylic acids is 1. The Balaban J connectivity index is 1.75. The van der Waals surface area contributed by atoms with Crippen molar-refractivity contribution in [2.45, 2.75) is 13.0 Å². The van der Waals surface area contributed by atoms with Gasteiger partial charge in [-0.05, 0) is 71.0 Å². The summed E-state index contributed by atoms with van der Waals surface area (Å²) in [6, 6.07) is 19.1. The molecule has 0 bridgehead atoms. The number of benzene rings is 3. The molecule has 10 nitrogen and oxygen atoms in total. The number of hydrogen-bond acceptors (Lipinski definition) is 9. The predicted octanol–water partition coefficient (Wildman–Crippen LogP) is 4.02. The molecule has 0 amide bonds. The van der Waals surface area contributed by atoms with Gasteiger partial charge in [0.15, 0.2) is 22.9 Å². The fraction of sp³-hybridized carbons (Fsp3) is 0.188. The van der Waals surface area contributed by atoms with Crippen LogP contribution in [0.4, 0.5) is 0 Å². The fourth-order valence-electron chi connectivity index (χ4n) is 4.79. The van der Waals surface area contributed by atoms with Gasteiger partial charge >= 0.3 is 11.9 Å². The Labute approximate surface area is 269 Å². The third-order valence-corrected chi connectivity index (χ3v) is 8.48. The van der Waals surface area contributed by atoms with Gasteiger partial charge in [0.25, 0.3) is 5.56 Å². The van der Waals surface area contributed by atoms with Crippen LogP contribution in [-0.4, -0.2) is 49.0 Å². The summed E-state index contributed by atoms with van der Waals surface area (Å²) in [6.07, 6.45) is 1.71. The summed E-state index contributed by atoms with van der Waals surface area (Å²) in [5, 5.41) is 9.04. The first-order valence-electron chi connectivity index (χ1n) is 13.4. The molecule has 0 unspecified atom stereocenters. The number of rotatable bonds is 10. The average molecular weight is 727 g/mol. The lowest BCUT2D eigenvalue weighted by Crippen LogP contribution is -2.40. The Morgan fingerprint density at radius 2 is 1.80 bits per heavy atom. The molecule has 2 heterocycles. The van der Waals surface area contributed by atoms with Crippen molar-refractivity contribution in [2.24, 2.45) is 4.99 Å². The number of carbonyl (C=O) groups excluding carboxylic acids is 1. The van der Waals surface area contributed by atoms with Crippen LogP contribution < -0.4 is 29.1 Å². The number of carbonyl (C=O) groups is 2. The Morgan fingerprint density at radius 3 is 2.43 bits per heavy atom. The number of carboxylic acid groups (broad SMARTS) is 1. The maximum absolute atomic E-state index is 14.1. The number of methoxy groups -OCH3 is 2. The highest BCUT2D eigenvalue weighted by Gasteiger charge is 2.35. The van der Waals surface area contributed by atoms with Crippen LogP contribution in [0, 0.1) is 3.57 Å². The first kappa shape index (κ1) is 31.0. The van der Waals surface area contributed by atoms with E-state index < -0.39 is 24.6 Å². The van der Waals surface area contributed by atoms with Crippen molar-refractivity contribution >= 4 is 57.6 Å². The van der Waals surface area contributed by atoms with E-state index in [1.807, 2.05) is 65.1 Å². The zero-order chi connectivity index (χ0) is 31.4. The van der Waals surface area contributed by atoms with Gasteiger partial charge in [0.05, 0.1) is 46.2 Å². The Bertz CT molecular complexity index is 1930. The van der Waals surface area contributed by atoms with Crippen molar-refractivity contribution < 1.29 is 33.6 Å². The van der Waals surface area contributed by atoms with Crippen molar-refractivity contribution in [2.75, 3.05) is 27.4 Å². The highest BCUT2D eigenvalue weighted by molar-refractivity contribution is 14.1. The van der Waals surface area contributed by atoms with Gasteiger partial charge in [-0.25, -0.2) is 14.6 Å². The van der Waals surface area contributed by atoms with Crippen LogP contribution in [-0.2, 0) is 14.3 Å². The Kier molecular flexibility index (Phi) is 9.49. The number of aromatic nitrogens is 1. The number of fused-ring (bicyclic) bond motifs is 1. The van der Waals surface area contributed by atoms with Gasteiger partial charge in [-0.15, -0.1) is 0 Å². The van der Waals surface area contributed by atoms with E-state index in [4.69, 9.17) is 29.0 Å². The van der Waals surface area contributed by atoms with Gasteiger partial charge in [-0.1, -0.05) is 53.8 Å². The quantitative estimate of drug-likeness (QED) is 0.192. The van der Waals surface area contributed by atoms with Crippen molar-refractivity contribution in [3.63, 3.8) is 0 Å². The lowest BCUT2D eigenvalue weighted by atomic mass is 9.93. The monoisotopic (exact) mass is 726 g/mol. The summed E-state index contributed by atoms with van der Waals surface area (Å²) < 4.78 is 24.2. The Hall–Kier alpha value is -4.43. The second kappa shape index (κ2) is 13.5. The first-order chi connectivity index (χ1) is 21.2. The van der Waals surface area contributed by atoms with Gasteiger partial charge in [0.1, 0.15) is 5.75 Å². The molecule has 5 rings (SSSR count). The second-order valence-electron chi connectivity index (χ2n) is 9.42. The van der Waals surface area contributed by atoms with Crippen molar-refractivity contribution in [1.82, 2.24) is 4.57 Å². The molecule has 0 aliphatic carbocycles. The van der Waals surface area contributed by atoms with E-state index in [9.17, 15) is 14.4 Å². The molecule has 1 atom stereocenters. The van der Waals surface area contributed by atoms with Crippen LogP contribution in [0.25, 0.3) is 11.8 Å².